The van der Waals surface area contributed by atoms with Gasteiger partial charge in [0.05, 0.1) is 5.52 Å². The second-order valence-corrected chi connectivity index (χ2v) is 3.82. The molecular weight excluding hydrogens is 179 g/mol. The Bertz CT molecular complexity index is 479. The molecular formula is C10H9N2P. The maximum absolute atomic E-state index is 8.80. The highest BCUT2D eigenvalue weighted by molar-refractivity contribution is 7.30. The van der Waals surface area contributed by atoms with Crippen LogP contribution in [0.4, 0.5) is 0 Å². The van der Waals surface area contributed by atoms with Gasteiger partial charge in [-0.15, -0.1) is 0 Å². The van der Waals surface area contributed by atoms with Crippen molar-refractivity contribution in [3.05, 3.63) is 35.1 Å². The van der Waals surface area contributed by atoms with Gasteiger partial charge in [0.25, 0.3) is 0 Å². The Morgan fingerprint density at radius 2 is 2.46 bits per heavy atom. The van der Waals surface area contributed by atoms with Crippen molar-refractivity contribution in [1.82, 2.24) is 4.40 Å². The summed E-state index contributed by atoms with van der Waals surface area (Å²) in [6, 6.07) is 6.39. The average molecular weight is 188 g/mol. The van der Waals surface area contributed by atoms with Crippen LogP contribution in [0.3, 0.4) is 0 Å². The lowest BCUT2D eigenvalue weighted by Crippen LogP contribution is -1.88. The number of nitrogens with zero attached hydrogens (tertiary/aromatic N) is 2. The van der Waals surface area contributed by atoms with Gasteiger partial charge >= 0.3 is 0 Å². The summed E-state index contributed by atoms with van der Waals surface area (Å²) in [5, 5.41) is 8.80. The molecule has 0 aliphatic carbocycles. The number of nitriles is 1. The summed E-state index contributed by atoms with van der Waals surface area (Å²) in [5.74, 6) is 2.07. The highest BCUT2D eigenvalue weighted by Gasteiger charge is 2.00. The molecule has 13 heavy (non-hydrogen) atoms. The molecule has 0 radical (unpaired) electrons. The first kappa shape index (κ1) is 8.29. The zero-order valence-corrected chi connectivity index (χ0v) is 8.25. The largest absolute Gasteiger partial charge is 0.304 e. The number of pyridine rings is 1. The Morgan fingerprint density at radius 3 is 3.15 bits per heavy atom. The molecule has 0 N–H and O–H groups in total. The van der Waals surface area contributed by atoms with Crippen molar-refractivity contribution in [2.75, 3.05) is 0 Å². The standard InChI is InChI=1S/C10H9N2P/c1-2-8-3-4-12-9(5-8)7-13-10(12)6-11/h3-5,7H,2H2,1H3. The van der Waals surface area contributed by atoms with Crippen LogP contribution in [0.1, 0.15) is 17.9 Å². The summed E-state index contributed by atoms with van der Waals surface area (Å²) >= 11 is 0. The van der Waals surface area contributed by atoms with Crippen molar-refractivity contribution < 1.29 is 0 Å². The predicted octanol–water partition coefficient (Wildman–Crippen LogP) is 2.95. The summed E-state index contributed by atoms with van der Waals surface area (Å²) in [6.45, 7) is 2.13. The van der Waals surface area contributed by atoms with Crippen LogP contribution in [0, 0.1) is 11.3 Å². The molecule has 0 aromatic carbocycles. The normalized spacial score (nSPS) is 10.8. The van der Waals surface area contributed by atoms with Gasteiger partial charge in [0.15, 0.2) is 5.43 Å². The van der Waals surface area contributed by atoms with E-state index in [2.05, 4.69) is 30.9 Å². The first-order chi connectivity index (χ1) is 6.35. The first-order valence-electron chi connectivity index (χ1n) is 4.21. The van der Waals surface area contributed by atoms with Crippen molar-refractivity contribution >= 4 is 13.7 Å². The molecule has 0 saturated heterocycles. The molecule has 0 spiro atoms. The van der Waals surface area contributed by atoms with E-state index in [4.69, 9.17) is 5.26 Å². The van der Waals surface area contributed by atoms with E-state index >= 15 is 0 Å². The molecule has 0 saturated carbocycles. The monoisotopic (exact) mass is 188 g/mol. The maximum atomic E-state index is 8.80. The van der Waals surface area contributed by atoms with Gasteiger partial charge in [-0.25, -0.2) is 0 Å². The fourth-order valence-electron chi connectivity index (χ4n) is 1.35. The van der Waals surface area contributed by atoms with Gasteiger partial charge in [-0.05, 0) is 38.1 Å². The Hall–Kier alpha value is -1.32. The first-order valence-corrected chi connectivity index (χ1v) is 5.17. The predicted molar refractivity (Wildman–Crippen MR) is 54.0 cm³/mol. The van der Waals surface area contributed by atoms with Crippen LogP contribution in [-0.2, 0) is 6.42 Å². The van der Waals surface area contributed by atoms with Crippen LogP contribution in [0.15, 0.2) is 24.1 Å². The van der Waals surface area contributed by atoms with Crippen molar-refractivity contribution in [1.29, 1.82) is 5.26 Å². The fraction of sp³-hybridized carbons (Fsp3) is 0.200. The molecule has 0 unspecified atom stereocenters. The highest BCUT2D eigenvalue weighted by Crippen LogP contribution is 2.20. The molecule has 0 amide bonds. The van der Waals surface area contributed by atoms with Crippen LogP contribution in [0.25, 0.3) is 5.52 Å². The lowest BCUT2D eigenvalue weighted by Gasteiger charge is -1.98. The van der Waals surface area contributed by atoms with Gasteiger partial charge in [0, 0.05) is 6.20 Å². The molecule has 0 bridgehead atoms. The zero-order valence-electron chi connectivity index (χ0n) is 7.36. The molecule has 64 valence electrons. The molecule has 2 nitrogen and oxygen atoms in total. The number of rotatable bonds is 1. The van der Waals surface area contributed by atoms with E-state index < -0.39 is 0 Å². The Balaban J connectivity index is 2.70. The Labute approximate surface area is 78.5 Å². The minimum atomic E-state index is 0.789. The summed E-state index contributed by atoms with van der Waals surface area (Å²) in [4.78, 5) is 0. The lowest BCUT2D eigenvalue weighted by molar-refractivity contribution is 1.10. The third-order valence-electron chi connectivity index (χ3n) is 2.10. The highest BCUT2D eigenvalue weighted by atomic mass is 31.0. The number of hydrogen-bond acceptors (Lipinski definition) is 1. The molecule has 0 atom stereocenters. The van der Waals surface area contributed by atoms with E-state index in [0.717, 1.165) is 25.6 Å². The van der Waals surface area contributed by atoms with E-state index in [1.165, 1.54) is 5.56 Å². The van der Waals surface area contributed by atoms with Gasteiger partial charge in [-0.2, -0.15) is 5.26 Å². The molecule has 0 aliphatic heterocycles. The van der Waals surface area contributed by atoms with Crippen LogP contribution in [0.5, 0.6) is 0 Å². The quantitative estimate of drug-likeness (QED) is 0.676. The Morgan fingerprint density at radius 1 is 1.62 bits per heavy atom. The van der Waals surface area contributed by atoms with Gasteiger partial charge < -0.3 is 4.40 Å². The van der Waals surface area contributed by atoms with Crippen molar-refractivity contribution in [3.63, 3.8) is 0 Å². The van der Waals surface area contributed by atoms with E-state index in [1.807, 2.05) is 10.6 Å². The summed E-state index contributed by atoms with van der Waals surface area (Å²) < 4.78 is 1.95. The molecule has 0 fully saturated rings. The number of hydrogen-bond donors (Lipinski definition) is 0. The zero-order chi connectivity index (χ0) is 9.26. The molecule has 2 aromatic rings. The second-order valence-electron chi connectivity index (χ2n) is 2.88. The smallest absolute Gasteiger partial charge is 0.151 e. The maximum Gasteiger partial charge on any atom is 0.151 e. The Kier molecular flexibility index (Phi) is 2.04. The molecule has 0 aliphatic rings. The van der Waals surface area contributed by atoms with Crippen LogP contribution < -0.4 is 0 Å². The summed E-state index contributed by atoms with van der Waals surface area (Å²) in [6.07, 6.45) is 3.02. The fourth-order valence-corrected chi connectivity index (χ4v) is 2.17. The molecule has 3 heteroatoms. The number of aromatic nitrogens is 1. The van der Waals surface area contributed by atoms with Gasteiger partial charge in [-0.1, -0.05) is 6.92 Å². The molecule has 2 aromatic heterocycles. The van der Waals surface area contributed by atoms with Gasteiger partial charge in [-0.3, -0.25) is 0 Å². The van der Waals surface area contributed by atoms with E-state index in [9.17, 15) is 0 Å². The molecule has 2 heterocycles. The second kappa shape index (κ2) is 3.20. The van der Waals surface area contributed by atoms with Crippen LogP contribution >= 0.6 is 8.19 Å². The average Bonchev–Trinajstić information content (AvgIpc) is 2.59. The van der Waals surface area contributed by atoms with E-state index in [-0.39, 0.29) is 0 Å². The summed E-state index contributed by atoms with van der Waals surface area (Å²) in [5.41, 5.74) is 3.24. The lowest BCUT2D eigenvalue weighted by atomic mass is 10.2. The number of fused-ring (bicyclic) bond motifs is 1. The van der Waals surface area contributed by atoms with Crippen LogP contribution in [-0.4, -0.2) is 4.40 Å². The minimum absolute atomic E-state index is 0.789. The van der Waals surface area contributed by atoms with Crippen LogP contribution in [0.2, 0.25) is 0 Å². The number of aryl methyl sites for hydroxylation is 1. The van der Waals surface area contributed by atoms with E-state index in [0.29, 0.717) is 0 Å². The third kappa shape index (κ3) is 1.32. The van der Waals surface area contributed by atoms with E-state index in [1.54, 1.807) is 0 Å². The third-order valence-corrected chi connectivity index (χ3v) is 3.06. The van der Waals surface area contributed by atoms with Gasteiger partial charge in [0.1, 0.15) is 6.07 Å². The van der Waals surface area contributed by atoms with Crippen molar-refractivity contribution in [3.8, 4) is 6.07 Å². The van der Waals surface area contributed by atoms with Crippen molar-refractivity contribution in [2.24, 2.45) is 0 Å². The van der Waals surface area contributed by atoms with Gasteiger partial charge in [0.2, 0.25) is 0 Å². The molecule has 2 rings (SSSR count). The minimum Gasteiger partial charge on any atom is -0.304 e. The SMILES string of the molecule is CCc1ccn2c(C#N)pcc2c1. The topological polar surface area (TPSA) is 28.2 Å². The summed E-state index contributed by atoms with van der Waals surface area (Å²) in [7, 11) is 1.01. The van der Waals surface area contributed by atoms with Crippen molar-refractivity contribution in [2.45, 2.75) is 13.3 Å².